The Labute approximate surface area is 98.1 Å². The van der Waals surface area contributed by atoms with Gasteiger partial charge in [-0.2, -0.15) is 0 Å². The Kier molecular flexibility index (Phi) is 2.32. The molecular weight excluding hydrogens is 218 g/mol. The molecule has 17 heavy (non-hydrogen) atoms. The molecule has 0 radical (unpaired) electrons. The third-order valence-corrected chi connectivity index (χ3v) is 2.60. The van der Waals surface area contributed by atoms with Gasteiger partial charge in [0.25, 0.3) is 0 Å². The second-order valence-corrected chi connectivity index (χ2v) is 3.75. The van der Waals surface area contributed by atoms with Gasteiger partial charge in [0, 0.05) is 12.6 Å². The molecule has 6 heteroatoms. The number of guanidine groups is 1. The topological polar surface area (TPSA) is 74.3 Å². The highest BCUT2D eigenvalue weighted by molar-refractivity contribution is 5.94. The fourth-order valence-electron chi connectivity index (χ4n) is 1.77. The zero-order valence-electron chi connectivity index (χ0n) is 9.45. The number of fused-ring (bicyclic) bond motifs is 1. The zero-order valence-corrected chi connectivity index (χ0v) is 9.45. The van der Waals surface area contributed by atoms with E-state index in [1.807, 2.05) is 18.2 Å². The van der Waals surface area contributed by atoms with E-state index in [1.54, 1.807) is 7.11 Å². The summed E-state index contributed by atoms with van der Waals surface area (Å²) in [6, 6.07) is 5.72. The molecule has 0 bridgehead atoms. The van der Waals surface area contributed by atoms with E-state index >= 15 is 0 Å². The van der Waals surface area contributed by atoms with Crippen LogP contribution in [0.2, 0.25) is 0 Å². The molecular formula is C11H13N5O. The van der Waals surface area contributed by atoms with Crippen LogP contribution in [-0.4, -0.2) is 36.1 Å². The molecule has 6 nitrogen and oxygen atoms in total. The van der Waals surface area contributed by atoms with E-state index in [-0.39, 0.29) is 0 Å². The molecule has 0 saturated heterocycles. The molecule has 1 aromatic heterocycles. The first-order valence-electron chi connectivity index (χ1n) is 5.44. The van der Waals surface area contributed by atoms with Crippen LogP contribution in [0.1, 0.15) is 0 Å². The number of imidazole rings is 1. The standard InChI is InChI=1S/C11H13N5O/c1-17-7-2-3-8-9(6-7)15-11(14-8)16-10-12-4-5-13-10/h2-3,6H,4-5H2,1H3,(H3,12,13,14,15,16). The number of hydrogen-bond acceptors (Lipinski definition) is 5. The molecule has 3 N–H and O–H groups in total. The van der Waals surface area contributed by atoms with Gasteiger partial charge in [0.1, 0.15) is 5.75 Å². The number of aliphatic imine (C=N–C) groups is 1. The van der Waals surface area contributed by atoms with E-state index in [4.69, 9.17) is 4.74 Å². The highest BCUT2D eigenvalue weighted by Gasteiger charge is 2.08. The van der Waals surface area contributed by atoms with Crippen LogP contribution < -0.4 is 15.4 Å². The maximum Gasteiger partial charge on any atom is 0.208 e. The van der Waals surface area contributed by atoms with E-state index in [1.165, 1.54) is 0 Å². The molecule has 0 saturated carbocycles. The molecule has 0 fully saturated rings. The number of methoxy groups -OCH3 is 1. The number of aromatic nitrogens is 2. The summed E-state index contributed by atoms with van der Waals surface area (Å²) in [5.74, 6) is 2.25. The SMILES string of the molecule is COc1ccc2nc(NC3=NCCN3)[nH]c2c1. The van der Waals surface area contributed by atoms with Crippen molar-refractivity contribution in [1.82, 2.24) is 15.3 Å². The van der Waals surface area contributed by atoms with Crippen LogP contribution in [-0.2, 0) is 0 Å². The van der Waals surface area contributed by atoms with Crippen LogP contribution in [0.15, 0.2) is 23.2 Å². The van der Waals surface area contributed by atoms with Gasteiger partial charge in [0.2, 0.25) is 5.95 Å². The van der Waals surface area contributed by atoms with E-state index in [0.29, 0.717) is 5.95 Å². The minimum absolute atomic E-state index is 0.682. The molecule has 2 aromatic rings. The summed E-state index contributed by atoms with van der Waals surface area (Å²) in [4.78, 5) is 11.8. The maximum absolute atomic E-state index is 5.16. The number of H-pyrrole nitrogens is 1. The third-order valence-electron chi connectivity index (χ3n) is 2.60. The fraction of sp³-hybridized carbons (Fsp3) is 0.273. The van der Waals surface area contributed by atoms with Crippen LogP contribution in [0.25, 0.3) is 11.0 Å². The van der Waals surface area contributed by atoms with E-state index in [9.17, 15) is 0 Å². The van der Waals surface area contributed by atoms with Crippen LogP contribution >= 0.6 is 0 Å². The lowest BCUT2D eigenvalue weighted by atomic mass is 10.3. The number of nitrogens with one attached hydrogen (secondary N) is 3. The maximum atomic E-state index is 5.16. The highest BCUT2D eigenvalue weighted by atomic mass is 16.5. The van der Waals surface area contributed by atoms with Crippen molar-refractivity contribution in [3.05, 3.63) is 18.2 Å². The Hall–Kier alpha value is -2.24. The summed E-state index contributed by atoms with van der Waals surface area (Å²) in [5, 5.41) is 6.23. The van der Waals surface area contributed by atoms with Gasteiger partial charge in [0.05, 0.1) is 24.7 Å². The smallest absolute Gasteiger partial charge is 0.208 e. The van der Waals surface area contributed by atoms with Crippen molar-refractivity contribution in [3.8, 4) is 5.75 Å². The minimum Gasteiger partial charge on any atom is -0.497 e. The third kappa shape index (κ3) is 1.89. The predicted molar refractivity (Wildman–Crippen MR) is 66.6 cm³/mol. The molecule has 2 heterocycles. The van der Waals surface area contributed by atoms with Crippen molar-refractivity contribution in [3.63, 3.8) is 0 Å². The molecule has 88 valence electrons. The second kappa shape index (κ2) is 3.97. The Morgan fingerprint density at radius 2 is 2.35 bits per heavy atom. The van der Waals surface area contributed by atoms with Gasteiger partial charge in [0.15, 0.2) is 5.96 Å². The fourth-order valence-corrected chi connectivity index (χ4v) is 1.77. The van der Waals surface area contributed by atoms with Crippen LogP contribution in [0.5, 0.6) is 5.75 Å². The first-order chi connectivity index (χ1) is 8.35. The largest absolute Gasteiger partial charge is 0.497 e. The van der Waals surface area contributed by atoms with Crippen molar-refractivity contribution in [1.29, 1.82) is 0 Å². The van der Waals surface area contributed by atoms with Crippen molar-refractivity contribution in [2.45, 2.75) is 0 Å². The molecule has 0 atom stereocenters. The number of benzene rings is 1. The summed E-state index contributed by atoms with van der Waals surface area (Å²) in [6.45, 7) is 1.67. The molecule has 0 unspecified atom stereocenters. The van der Waals surface area contributed by atoms with Gasteiger partial charge in [-0.25, -0.2) is 4.98 Å². The summed E-state index contributed by atoms with van der Waals surface area (Å²) < 4.78 is 5.16. The minimum atomic E-state index is 0.682. The summed E-state index contributed by atoms with van der Waals surface area (Å²) in [7, 11) is 1.65. The number of anilines is 1. The number of aromatic amines is 1. The van der Waals surface area contributed by atoms with Crippen molar-refractivity contribution >= 4 is 22.9 Å². The lowest BCUT2D eigenvalue weighted by molar-refractivity contribution is 0.415. The predicted octanol–water partition coefficient (Wildman–Crippen LogP) is 0.943. The molecule has 0 aliphatic carbocycles. The van der Waals surface area contributed by atoms with Crippen molar-refractivity contribution < 1.29 is 4.74 Å². The normalized spacial score (nSPS) is 14.5. The number of ether oxygens (including phenoxy) is 1. The average molecular weight is 231 g/mol. The second-order valence-electron chi connectivity index (χ2n) is 3.75. The van der Waals surface area contributed by atoms with Gasteiger partial charge < -0.3 is 15.0 Å². The van der Waals surface area contributed by atoms with Crippen molar-refractivity contribution in [2.24, 2.45) is 4.99 Å². The van der Waals surface area contributed by atoms with Crippen LogP contribution in [0.4, 0.5) is 5.95 Å². The molecule has 0 amide bonds. The van der Waals surface area contributed by atoms with Crippen molar-refractivity contribution in [2.75, 3.05) is 25.5 Å². The number of hydrogen-bond donors (Lipinski definition) is 3. The van der Waals surface area contributed by atoms with Gasteiger partial charge >= 0.3 is 0 Å². The Bertz CT molecular complexity index is 574. The highest BCUT2D eigenvalue weighted by Crippen LogP contribution is 2.20. The summed E-state index contributed by atoms with van der Waals surface area (Å²) in [5.41, 5.74) is 1.83. The van der Waals surface area contributed by atoms with Gasteiger partial charge in [-0.05, 0) is 12.1 Å². The van der Waals surface area contributed by atoms with Crippen LogP contribution in [0.3, 0.4) is 0 Å². The molecule has 1 aliphatic heterocycles. The lowest BCUT2D eigenvalue weighted by Crippen LogP contribution is -2.26. The Morgan fingerprint density at radius 3 is 3.12 bits per heavy atom. The Morgan fingerprint density at radius 1 is 1.41 bits per heavy atom. The molecule has 3 rings (SSSR count). The molecule has 1 aliphatic rings. The summed E-state index contributed by atoms with van der Waals surface area (Å²) in [6.07, 6.45) is 0. The monoisotopic (exact) mass is 231 g/mol. The van der Waals surface area contributed by atoms with Crippen LogP contribution in [0, 0.1) is 0 Å². The molecule has 1 aromatic carbocycles. The number of nitrogens with zero attached hydrogens (tertiary/aromatic N) is 2. The van der Waals surface area contributed by atoms with E-state index < -0.39 is 0 Å². The summed E-state index contributed by atoms with van der Waals surface area (Å²) >= 11 is 0. The van der Waals surface area contributed by atoms with Gasteiger partial charge in [-0.1, -0.05) is 0 Å². The molecule has 0 spiro atoms. The Balaban J connectivity index is 1.90. The average Bonchev–Trinajstić information content (AvgIpc) is 2.96. The number of rotatable bonds is 2. The van der Waals surface area contributed by atoms with Gasteiger partial charge in [-0.3, -0.25) is 10.3 Å². The quantitative estimate of drug-likeness (QED) is 0.719. The van der Waals surface area contributed by atoms with E-state index in [2.05, 4.69) is 25.6 Å². The first-order valence-corrected chi connectivity index (χ1v) is 5.44. The zero-order chi connectivity index (χ0) is 11.7. The van der Waals surface area contributed by atoms with Gasteiger partial charge in [-0.15, -0.1) is 0 Å². The first kappa shape index (κ1) is 9.95. The van der Waals surface area contributed by atoms with E-state index in [0.717, 1.165) is 35.8 Å². The lowest BCUT2D eigenvalue weighted by Gasteiger charge is -2.01.